The average Bonchev–Trinajstić information content (AvgIpc) is 3.97. The van der Waals surface area contributed by atoms with Crippen LogP contribution in [0.25, 0.3) is 110 Å². The van der Waals surface area contributed by atoms with E-state index in [-0.39, 0.29) is 0 Å². The van der Waals surface area contributed by atoms with E-state index in [2.05, 4.69) is 241 Å². The molecular formula is C62H39NO2. The van der Waals surface area contributed by atoms with Crippen LogP contribution < -0.4 is 4.90 Å². The predicted molar refractivity (Wildman–Crippen MR) is 272 cm³/mol. The fourth-order valence-corrected chi connectivity index (χ4v) is 9.85. The first-order valence-corrected chi connectivity index (χ1v) is 22.1. The smallest absolute Gasteiger partial charge is 0.143 e. The first kappa shape index (κ1) is 36.9. The van der Waals surface area contributed by atoms with Gasteiger partial charge in [-0.15, -0.1) is 0 Å². The van der Waals surface area contributed by atoms with E-state index in [0.717, 1.165) is 99.5 Å². The van der Waals surface area contributed by atoms with E-state index in [4.69, 9.17) is 8.83 Å². The summed E-state index contributed by atoms with van der Waals surface area (Å²) in [6, 6.07) is 84.5. The molecule has 11 aromatic carbocycles. The van der Waals surface area contributed by atoms with Crippen LogP contribution >= 0.6 is 0 Å². The van der Waals surface area contributed by atoms with Gasteiger partial charge in [0.05, 0.1) is 0 Å². The van der Waals surface area contributed by atoms with Crippen LogP contribution in [-0.2, 0) is 0 Å². The van der Waals surface area contributed by atoms with Gasteiger partial charge in [0.2, 0.25) is 0 Å². The first-order valence-electron chi connectivity index (χ1n) is 22.1. The summed E-state index contributed by atoms with van der Waals surface area (Å²) in [7, 11) is 0. The summed E-state index contributed by atoms with van der Waals surface area (Å²) in [5.74, 6) is 0. The molecule has 0 aliphatic rings. The Balaban J connectivity index is 0.900. The molecule has 2 heterocycles. The molecule has 0 saturated heterocycles. The normalized spacial score (nSPS) is 11.7. The van der Waals surface area contributed by atoms with E-state index in [9.17, 15) is 0 Å². The Hall–Kier alpha value is -8.66. The minimum absolute atomic E-state index is 0.902. The van der Waals surface area contributed by atoms with Crippen LogP contribution in [0.4, 0.5) is 17.1 Å². The quantitative estimate of drug-likeness (QED) is 0.160. The number of hydrogen-bond donors (Lipinski definition) is 0. The Morgan fingerprint density at radius 1 is 0.231 bits per heavy atom. The van der Waals surface area contributed by atoms with Crippen molar-refractivity contribution in [1.82, 2.24) is 0 Å². The molecule has 0 unspecified atom stereocenters. The second-order valence-electron chi connectivity index (χ2n) is 16.8. The highest BCUT2D eigenvalue weighted by atomic mass is 16.3. The molecule has 0 aliphatic carbocycles. The van der Waals surface area contributed by atoms with Crippen LogP contribution in [-0.4, -0.2) is 0 Å². The molecule has 13 aromatic rings. The maximum absolute atomic E-state index is 6.74. The standard InChI is InChI=1S/C62H39NO2/c1-2-11-40(12-3-1)46-15-8-16-47(39-46)41-23-31-48(32-24-41)63(49-33-25-44(26-34-49)53-19-9-21-55-57-37-29-42-13-4-6-17-51(42)61(57)64-59(53)55)50-35-27-45(28-36-50)54-20-10-22-56-58-38-30-43-14-5-7-18-52(43)62(58)65-60(54)56/h1-39H. The molecule has 0 N–H and O–H groups in total. The molecule has 0 amide bonds. The molecule has 0 bridgehead atoms. The number of rotatable bonds is 7. The Morgan fingerprint density at radius 2 is 0.600 bits per heavy atom. The Bertz CT molecular complexity index is 3720. The van der Waals surface area contributed by atoms with Crippen LogP contribution in [0, 0.1) is 0 Å². The molecule has 304 valence electrons. The molecule has 3 nitrogen and oxygen atoms in total. The lowest BCUT2D eigenvalue weighted by Gasteiger charge is -2.26. The number of fused-ring (bicyclic) bond motifs is 10. The van der Waals surface area contributed by atoms with E-state index >= 15 is 0 Å². The summed E-state index contributed by atoms with van der Waals surface area (Å²) < 4.78 is 13.5. The van der Waals surface area contributed by atoms with Gasteiger partial charge in [-0.25, -0.2) is 0 Å². The van der Waals surface area contributed by atoms with Gasteiger partial charge in [-0.3, -0.25) is 0 Å². The van der Waals surface area contributed by atoms with Crippen molar-refractivity contribution in [2.45, 2.75) is 0 Å². The summed E-state index contributed by atoms with van der Waals surface area (Å²) in [6.45, 7) is 0. The van der Waals surface area contributed by atoms with Crippen LogP contribution in [0.5, 0.6) is 0 Å². The van der Waals surface area contributed by atoms with E-state index in [1.807, 2.05) is 0 Å². The van der Waals surface area contributed by atoms with Crippen molar-refractivity contribution >= 4 is 82.5 Å². The lowest BCUT2D eigenvalue weighted by Crippen LogP contribution is -2.09. The van der Waals surface area contributed by atoms with Gasteiger partial charge < -0.3 is 13.7 Å². The molecule has 2 aromatic heterocycles. The van der Waals surface area contributed by atoms with Crippen molar-refractivity contribution < 1.29 is 8.83 Å². The van der Waals surface area contributed by atoms with Gasteiger partial charge >= 0.3 is 0 Å². The highest BCUT2D eigenvalue weighted by Crippen LogP contribution is 2.43. The Labute approximate surface area is 375 Å². The minimum Gasteiger partial charge on any atom is -0.455 e. The van der Waals surface area contributed by atoms with E-state index in [1.54, 1.807) is 0 Å². The van der Waals surface area contributed by atoms with Gasteiger partial charge in [-0.2, -0.15) is 0 Å². The summed E-state index contributed by atoms with van der Waals surface area (Å²) in [5.41, 5.74) is 15.9. The number of hydrogen-bond acceptors (Lipinski definition) is 3. The Kier molecular flexibility index (Phi) is 8.53. The van der Waals surface area contributed by atoms with Gasteiger partial charge in [0.15, 0.2) is 0 Å². The SMILES string of the molecule is c1ccc(-c2cccc(-c3ccc(N(c4ccc(-c5cccc6c5oc5c7ccccc7ccc65)cc4)c4ccc(-c5cccc6c5oc5c7ccccc7ccc65)cc4)cc3)c2)cc1. The first-order chi connectivity index (χ1) is 32.2. The molecule has 0 spiro atoms. The van der Waals surface area contributed by atoms with Crippen molar-refractivity contribution in [2.24, 2.45) is 0 Å². The van der Waals surface area contributed by atoms with Crippen LogP contribution in [0.3, 0.4) is 0 Å². The molecule has 13 rings (SSSR count). The van der Waals surface area contributed by atoms with Crippen molar-refractivity contribution in [3.05, 3.63) is 237 Å². The molecular weight excluding hydrogens is 791 g/mol. The van der Waals surface area contributed by atoms with Gasteiger partial charge in [0, 0.05) is 60.5 Å². The monoisotopic (exact) mass is 829 g/mol. The second kappa shape index (κ2) is 15.0. The zero-order chi connectivity index (χ0) is 42.8. The highest BCUT2D eigenvalue weighted by molar-refractivity contribution is 6.18. The second-order valence-corrected chi connectivity index (χ2v) is 16.8. The van der Waals surface area contributed by atoms with Crippen molar-refractivity contribution in [2.75, 3.05) is 4.90 Å². The number of nitrogens with zero attached hydrogens (tertiary/aromatic N) is 1. The van der Waals surface area contributed by atoms with E-state index in [1.165, 1.54) is 27.5 Å². The largest absolute Gasteiger partial charge is 0.455 e. The van der Waals surface area contributed by atoms with Gasteiger partial charge in [-0.05, 0) is 98.8 Å². The van der Waals surface area contributed by atoms with Crippen molar-refractivity contribution in [3.8, 4) is 44.5 Å². The lowest BCUT2D eigenvalue weighted by molar-refractivity contribution is 0.673. The summed E-state index contributed by atoms with van der Waals surface area (Å²) in [4.78, 5) is 2.33. The van der Waals surface area contributed by atoms with E-state index in [0.29, 0.717) is 0 Å². The zero-order valence-electron chi connectivity index (χ0n) is 35.3. The van der Waals surface area contributed by atoms with Crippen LogP contribution in [0.15, 0.2) is 245 Å². The summed E-state index contributed by atoms with van der Waals surface area (Å²) >= 11 is 0. The zero-order valence-corrected chi connectivity index (χ0v) is 35.3. The van der Waals surface area contributed by atoms with Crippen molar-refractivity contribution in [1.29, 1.82) is 0 Å². The molecule has 65 heavy (non-hydrogen) atoms. The molecule has 3 heteroatoms. The molecule has 0 saturated carbocycles. The number of anilines is 3. The lowest BCUT2D eigenvalue weighted by atomic mass is 9.98. The van der Waals surface area contributed by atoms with Gasteiger partial charge in [0.1, 0.15) is 22.3 Å². The van der Waals surface area contributed by atoms with Crippen molar-refractivity contribution in [3.63, 3.8) is 0 Å². The third-order valence-corrected chi connectivity index (χ3v) is 13.1. The van der Waals surface area contributed by atoms with Crippen LogP contribution in [0.1, 0.15) is 0 Å². The average molecular weight is 830 g/mol. The molecule has 0 fully saturated rings. The third kappa shape index (κ3) is 6.20. The van der Waals surface area contributed by atoms with E-state index < -0.39 is 0 Å². The molecule has 0 atom stereocenters. The number of furan rings is 2. The highest BCUT2D eigenvalue weighted by Gasteiger charge is 2.19. The molecule has 0 radical (unpaired) electrons. The summed E-state index contributed by atoms with van der Waals surface area (Å²) in [5, 5.41) is 9.10. The molecule has 0 aliphatic heterocycles. The third-order valence-electron chi connectivity index (χ3n) is 13.1. The number of para-hydroxylation sites is 2. The van der Waals surface area contributed by atoms with Gasteiger partial charge in [-0.1, -0.05) is 182 Å². The number of benzene rings is 11. The summed E-state index contributed by atoms with van der Waals surface area (Å²) in [6.07, 6.45) is 0. The minimum atomic E-state index is 0.902. The maximum atomic E-state index is 6.74. The Morgan fingerprint density at radius 3 is 1.09 bits per heavy atom. The maximum Gasteiger partial charge on any atom is 0.143 e. The fourth-order valence-electron chi connectivity index (χ4n) is 9.85. The van der Waals surface area contributed by atoms with Crippen LogP contribution in [0.2, 0.25) is 0 Å². The topological polar surface area (TPSA) is 29.5 Å². The fraction of sp³-hybridized carbons (Fsp3) is 0. The predicted octanol–water partition coefficient (Wildman–Crippen LogP) is 17.9. The van der Waals surface area contributed by atoms with Gasteiger partial charge in [0.25, 0.3) is 0 Å².